The second-order valence-electron chi connectivity index (χ2n) is 5.51. The molecule has 0 heterocycles. The number of nitrogens with one attached hydrogen (secondary N) is 1. The van der Waals surface area contributed by atoms with E-state index in [4.69, 9.17) is 5.11 Å². The molecule has 98 valence electrons. The molecule has 0 atom stereocenters. The Morgan fingerprint density at radius 3 is 2.39 bits per heavy atom. The molecule has 4 nitrogen and oxygen atoms in total. The minimum Gasteiger partial charge on any atom is -0.481 e. The molecule has 0 saturated carbocycles. The van der Waals surface area contributed by atoms with Gasteiger partial charge in [0.2, 0.25) is 5.91 Å². The first-order valence-electron chi connectivity index (χ1n) is 5.87. The number of rotatable bonds is 4. The lowest BCUT2D eigenvalue weighted by Gasteiger charge is -2.18. The molecular weight excluding hydrogens is 230 g/mol. The van der Waals surface area contributed by atoms with Crippen molar-refractivity contribution in [3.63, 3.8) is 0 Å². The summed E-state index contributed by atoms with van der Waals surface area (Å²) in [5.74, 6) is -1.01. The summed E-state index contributed by atoms with van der Waals surface area (Å²) < 4.78 is 0. The van der Waals surface area contributed by atoms with Crippen LogP contribution >= 0.6 is 0 Å². The number of carboxylic acid groups (broad SMARTS) is 1. The van der Waals surface area contributed by atoms with Crippen molar-refractivity contribution in [2.45, 2.75) is 33.6 Å². The van der Waals surface area contributed by atoms with E-state index in [1.165, 1.54) is 0 Å². The van der Waals surface area contributed by atoms with Crippen LogP contribution in [-0.2, 0) is 16.0 Å². The number of carboxylic acids is 1. The zero-order valence-corrected chi connectivity index (χ0v) is 11.0. The zero-order valence-electron chi connectivity index (χ0n) is 11.0. The van der Waals surface area contributed by atoms with Gasteiger partial charge in [-0.1, -0.05) is 39.0 Å². The number of carbonyl (C=O) groups is 2. The van der Waals surface area contributed by atoms with Crippen LogP contribution in [0.4, 0.5) is 5.69 Å². The van der Waals surface area contributed by atoms with Crippen molar-refractivity contribution in [2.75, 3.05) is 5.32 Å². The molecule has 2 N–H and O–H groups in total. The Bertz CT molecular complexity index is 447. The van der Waals surface area contributed by atoms with Gasteiger partial charge in [0.25, 0.3) is 0 Å². The smallest absolute Gasteiger partial charge is 0.307 e. The standard InChI is InChI=1S/C14H19NO3/c1-14(2,3)9-12(16)15-11-7-5-4-6-10(11)8-13(17)18/h4-7H,8-9H2,1-3H3,(H,15,16)(H,17,18). The van der Waals surface area contributed by atoms with E-state index in [-0.39, 0.29) is 17.7 Å². The predicted octanol–water partition coefficient (Wildman–Crippen LogP) is 2.69. The highest BCUT2D eigenvalue weighted by atomic mass is 16.4. The van der Waals surface area contributed by atoms with Crippen LogP contribution in [-0.4, -0.2) is 17.0 Å². The number of anilines is 1. The van der Waals surface area contributed by atoms with Crippen LogP contribution in [0.1, 0.15) is 32.8 Å². The average molecular weight is 249 g/mol. The van der Waals surface area contributed by atoms with Crippen molar-refractivity contribution in [2.24, 2.45) is 5.41 Å². The summed E-state index contributed by atoms with van der Waals surface area (Å²) in [6, 6.07) is 6.97. The third kappa shape index (κ3) is 4.99. The third-order valence-corrected chi connectivity index (χ3v) is 2.32. The van der Waals surface area contributed by atoms with E-state index in [0.717, 1.165) is 0 Å². The molecule has 1 aromatic carbocycles. The zero-order chi connectivity index (χ0) is 13.8. The Kier molecular flexibility index (Phi) is 4.48. The van der Waals surface area contributed by atoms with Crippen molar-refractivity contribution in [3.8, 4) is 0 Å². The quantitative estimate of drug-likeness (QED) is 0.862. The number of hydrogen-bond acceptors (Lipinski definition) is 2. The highest BCUT2D eigenvalue weighted by Crippen LogP contribution is 2.21. The van der Waals surface area contributed by atoms with Gasteiger partial charge in [-0.15, -0.1) is 0 Å². The Morgan fingerprint density at radius 1 is 1.22 bits per heavy atom. The fourth-order valence-electron chi connectivity index (χ4n) is 1.64. The minimum atomic E-state index is -0.910. The fourth-order valence-corrected chi connectivity index (χ4v) is 1.64. The summed E-state index contributed by atoms with van der Waals surface area (Å²) in [6.45, 7) is 5.95. The van der Waals surface area contributed by atoms with Crippen LogP contribution in [0.5, 0.6) is 0 Å². The molecule has 4 heteroatoms. The fraction of sp³-hybridized carbons (Fsp3) is 0.429. The molecule has 0 aliphatic heterocycles. The molecule has 0 aromatic heterocycles. The lowest BCUT2D eigenvalue weighted by Crippen LogP contribution is -2.20. The molecule has 1 aromatic rings. The molecule has 1 amide bonds. The van der Waals surface area contributed by atoms with Gasteiger partial charge in [-0.2, -0.15) is 0 Å². The summed E-state index contributed by atoms with van der Waals surface area (Å²) in [5, 5.41) is 11.6. The monoisotopic (exact) mass is 249 g/mol. The summed E-state index contributed by atoms with van der Waals surface area (Å²) >= 11 is 0. The molecular formula is C14H19NO3. The first-order chi connectivity index (χ1) is 8.28. The van der Waals surface area contributed by atoms with Crippen molar-refractivity contribution < 1.29 is 14.7 Å². The maximum Gasteiger partial charge on any atom is 0.307 e. The van der Waals surface area contributed by atoms with Gasteiger partial charge in [0.1, 0.15) is 0 Å². The molecule has 0 unspecified atom stereocenters. The van der Waals surface area contributed by atoms with E-state index in [1.807, 2.05) is 20.8 Å². The highest BCUT2D eigenvalue weighted by molar-refractivity contribution is 5.92. The van der Waals surface area contributed by atoms with Crippen molar-refractivity contribution in [1.29, 1.82) is 0 Å². The lowest BCUT2D eigenvalue weighted by atomic mass is 9.92. The molecule has 0 fully saturated rings. The second-order valence-corrected chi connectivity index (χ2v) is 5.51. The lowest BCUT2D eigenvalue weighted by molar-refractivity contribution is -0.136. The normalized spacial score (nSPS) is 11.1. The molecule has 0 aliphatic carbocycles. The van der Waals surface area contributed by atoms with Gasteiger partial charge in [0.05, 0.1) is 6.42 Å². The summed E-state index contributed by atoms with van der Waals surface area (Å²) in [4.78, 5) is 22.5. The maximum absolute atomic E-state index is 11.8. The van der Waals surface area contributed by atoms with E-state index in [9.17, 15) is 9.59 Å². The summed E-state index contributed by atoms with van der Waals surface area (Å²) in [7, 11) is 0. The van der Waals surface area contributed by atoms with Crippen molar-refractivity contribution in [3.05, 3.63) is 29.8 Å². The topological polar surface area (TPSA) is 66.4 Å². The maximum atomic E-state index is 11.8. The Hall–Kier alpha value is -1.84. The van der Waals surface area contributed by atoms with Gasteiger partial charge >= 0.3 is 5.97 Å². The molecule has 0 spiro atoms. The van der Waals surface area contributed by atoms with Crippen molar-refractivity contribution in [1.82, 2.24) is 0 Å². The van der Waals surface area contributed by atoms with Gasteiger partial charge in [-0.05, 0) is 17.0 Å². The highest BCUT2D eigenvalue weighted by Gasteiger charge is 2.17. The third-order valence-electron chi connectivity index (χ3n) is 2.32. The van der Waals surface area contributed by atoms with E-state index >= 15 is 0 Å². The number of para-hydroxylation sites is 1. The first-order valence-corrected chi connectivity index (χ1v) is 5.87. The Labute approximate surface area is 107 Å². The van der Waals surface area contributed by atoms with E-state index in [2.05, 4.69) is 5.32 Å². The molecule has 0 aliphatic rings. The number of hydrogen-bond donors (Lipinski definition) is 2. The molecule has 0 radical (unpaired) electrons. The molecule has 0 saturated heterocycles. The number of benzene rings is 1. The van der Waals surface area contributed by atoms with Gasteiger partial charge in [0, 0.05) is 12.1 Å². The van der Waals surface area contributed by atoms with Crippen LogP contribution in [0.2, 0.25) is 0 Å². The SMILES string of the molecule is CC(C)(C)CC(=O)Nc1ccccc1CC(=O)O. The van der Waals surface area contributed by atoms with Gasteiger partial charge < -0.3 is 10.4 Å². The van der Waals surface area contributed by atoms with Crippen LogP contribution in [0.3, 0.4) is 0 Å². The van der Waals surface area contributed by atoms with Gasteiger partial charge in [0.15, 0.2) is 0 Å². The van der Waals surface area contributed by atoms with Crippen molar-refractivity contribution >= 4 is 17.6 Å². The molecule has 1 rings (SSSR count). The number of carbonyl (C=O) groups excluding carboxylic acids is 1. The average Bonchev–Trinajstić information content (AvgIpc) is 2.17. The Morgan fingerprint density at radius 2 is 1.83 bits per heavy atom. The second kappa shape index (κ2) is 5.67. The summed E-state index contributed by atoms with van der Waals surface area (Å²) in [5.41, 5.74) is 1.10. The van der Waals surface area contributed by atoms with E-state index in [1.54, 1.807) is 24.3 Å². The first kappa shape index (κ1) is 14.2. The largest absolute Gasteiger partial charge is 0.481 e. The van der Waals surface area contributed by atoms with Crippen LogP contribution in [0.25, 0.3) is 0 Å². The molecule has 18 heavy (non-hydrogen) atoms. The Balaban J connectivity index is 2.78. The number of amides is 1. The van der Waals surface area contributed by atoms with Gasteiger partial charge in [-0.25, -0.2) is 0 Å². The van der Waals surface area contributed by atoms with Crippen LogP contribution < -0.4 is 5.32 Å². The van der Waals surface area contributed by atoms with Gasteiger partial charge in [-0.3, -0.25) is 9.59 Å². The summed E-state index contributed by atoms with van der Waals surface area (Å²) in [6.07, 6.45) is 0.306. The van der Waals surface area contributed by atoms with E-state index in [0.29, 0.717) is 17.7 Å². The number of aliphatic carboxylic acids is 1. The van der Waals surface area contributed by atoms with Crippen LogP contribution in [0.15, 0.2) is 24.3 Å². The van der Waals surface area contributed by atoms with Crippen LogP contribution in [0, 0.1) is 5.41 Å². The molecule has 0 bridgehead atoms. The minimum absolute atomic E-state index is 0.0913. The predicted molar refractivity (Wildman–Crippen MR) is 70.5 cm³/mol. The van der Waals surface area contributed by atoms with E-state index < -0.39 is 5.97 Å².